The second-order valence-electron chi connectivity index (χ2n) is 6.43. The number of aliphatic hydroxyl groups excluding tert-OH is 1. The van der Waals surface area contributed by atoms with Gasteiger partial charge in [-0.15, -0.1) is 0 Å². The molecule has 1 atom stereocenters. The lowest BCUT2D eigenvalue weighted by Crippen LogP contribution is -2.25. The van der Waals surface area contributed by atoms with Gasteiger partial charge in [0.15, 0.2) is 6.10 Å². The van der Waals surface area contributed by atoms with E-state index in [4.69, 9.17) is 4.74 Å². The Labute approximate surface area is 182 Å². The van der Waals surface area contributed by atoms with E-state index in [1.54, 1.807) is 60.7 Å². The van der Waals surface area contributed by atoms with Gasteiger partial charge in [0.2, 0.25) is 0 Å². The number of esters is 1. The number of nitrogens with one attached hydrogen (secondary N) is 1. The SMILES string of the molecule is Cc1ccccc1C(=O)Oc1ccc(Br)cc1/C=N/NC(=O)C(O)c1ccccc1. The fraction of sp³-hybridized carbons (Fsp3) is 0.0870. The van der Waals surface area contributed by atoms with E-state index >= 15 is 0 Å². The summed E-state index contributed by atoms with van der Waals surface area (Å²) in [7, 11) is 0. The van der Waals surface area contributed by atoms with Gasteiger partial charge in [0.25, 0.3) is 5.91 Å². The summed E-state index contributed by atoms with van der Waals surface area (Å²) in [5, 5.41) is 14.0. The van der Waals surface area contributed by atoms with Crippen molar-refractivity contribution in [3.8, 4) is 5.75 Å². The molecule has 3 rings (SSSR count). The fourth-order valence-corrected chi connectivity index (χ4v) is 3.06. The number of nitrogens with zero attached hydrogens (tertiary/aromatic N) is 1. The number of rotatable bonds is 6. The van der Waals surface area contributed by atoms with Crippen molar-refractivity contribution in [1.82, 2.24) is 5.43 Å². The van der Waals surface area contributed by atoms with Crippen molar-refractivity contribution in [3.05, 3.63) is 99.5 Å². The Morgan fingerprint density at radius 3 is 2.50 bits per heavy atom. The third-order valence-electron chi connectivity index (χ3n) is 4.28. The van der Waals surface area contributed by atoms with Gasteiger partial charge in [0, 0.05) is 10.0 Å². The summed E-state index contributed by atoms with van der Waals surface area (Å²) in [5.74, 6) is -0.882. The second kappa shape index (κ2) is 9.96. The number of carbonyl (C=O) groups is 2. The monoisotopic (exact) mass is 466 g/mol. The van der Waals surface area contributed by atoms with Crippen molar-refractivity contribution < 1.29 is 19.4 Å². The van der Waals surface area contributed by atoms with Crippen molar-refractivity contribution in [1.29, 1.82) is 0 Å². The molecule has 3 aromatic rings. The van der Waals surface area contributed by atoms with E-state index in [9.17, 15) is 14.7 Å². The van der Waals surface area contributed by atoms with Crippen molar-refractivity contribution in [2.45, 2.75) is 13.0 Å². The van der Waals surface area contributed by atoms with E-state index in [-0.39, 0.29) is 5.75 Å². The number of benzene rings is 3. The van der Waals surface area contributed by atoms with Crippen LogP contribution in [0.15, 0.2) is 82.4 Å². The third-order valence-corrected chi connectivity index (χ3v) is 4.77. The van der Waals surface area contributed by atoms with Crippen molar-refractivity contribution in [3.63, 3.8) is 0 Å². The van der Waals surface area contributed by atoms with Crippen LogP contribution < -0.4 is 10.2 Å². The highest BCUT2D eigenvalue weighted by Crippen LogP contribution is 2.23. The highest BCUT2D eigenvalue weighted by atomic mass is 79.9. The lowest BCUT2D eigenvalue weighted by molar-refractivity contribution is -0.129. The lowest BCUT2D eigenvalue weighted by atomic mass is 10.1. The van der Waals surface area contributed by atoms with Crippen LogP contribution in [0.4, 0.5) is 0 Å². The predicted molar refractivity (Wildman–Crippen MR) is 117 cm³/mol. The molecule has 3 aromatic carbocycles. The molecule has 0 aliphatic heterocycles. The van der Waals surface area contributed by atoms with Crippen molar-refractivity contribution in [2.24, 2.45) is 5.10 Å². The smallest absolute Gasteiger partial charge is 0.343 e. The minimum absolute atomic E-state index is 0.285. The Morgan fingerprint density at radius 1 is 1.07 bits per heavy atom. The molecule has 0 fully saturated rings. The summed E-state index contributed by atoms with van der Waals surface area (Å²) in [6.45, 7) is 1.83. The van der Waals surface area contributed by atoms with E-state index in [1.165, 1.54) is 6.21 Å². The van der Waals surface area contributed by atoms with E-state index in [0.29, 0.717) is 16.7 Å². The molecule has 1 unspecified atom stereocenters. The number of hydrogen-bond acceptors (Lipinski definition) is 5. The Kier molecular flexibility index (Phi) is 7.11. The van der Waals surface area contributed by atoms with Gasteiger partial charge < -0.3 is 9.84 Å². The van der Waals surface area contributed by atoms with Gasteiger partial charge in [0.05, 0.1) is 11.8 Å². The summed E-state index contributed by atoms with van der Waals surface area (Å²) in [4.78, 5) is 24.6. The molecular formula is C23H19BrN2O4. The maximum atomic E-state index is 12.5. The van der Waals surface area contributed by atoms with Crippen LogP contribution in [-0.2, 0) is 4.79 Å². The Morgan fingerprint density at radius 2 is 1.77 bits per heavy atom. The van der Waals surface area contributed by atoms with E-state index in [2.05, 4.69) is 26.5 Å². The van der Waals surface area contributed by atoms with Crippen LogP contribution >= 0.6 is 15.9 Å². The van der Waals surface area contributed by atoms with Crippen LogP contribution in [-0.4, -0.2) is 23.2 Å². The summed E-state index contributed by atoms with van der Waals surface area (Å²) in [6.07, 6.45) is 0.00473. The second-order valence-corrected chi connectivity index (χ2v) is 7.35. The molecule has 0 radical (unpaired) electrons. The van der Waals surface area contributed by atoms with Gasteiger partial charge in [-0.3, -0.25) is 4.79 Å². The zero-order valence-corrected chi connectivity index (χ0v) is 17.7. The average molecular weight is 467 g/mol. The van der Waals surface area contributed by atoms with Gasteiger partial charge in [-0.05, 0) is 42.3 Å². The first kappa shape index (κ1) is 21.4. The van der Waals surface area contributed by atoms with Crippen LogP contribution in [0.25, 0.3) is 0 Å². The van der Waals surface area contributed by atoms with Crippen LogP contribution in [0.3, 0.4) is 0 Å². The maximum Gasteiger partial charge on any atom is 0.343 e. The van der Waals surface area contributed by atoms with Crippen LogP contribution in [0.2, 0.25) is 0 Å². The first-order chi connectivity index (χ1) is 14.5. The minimum atomic E-state index is -1.34. The number of aliphatic hydroxyl groups is 1. The molecular weight excluding hydrogens is 448 g/mol. The summed E-state index contributed by atoms with van der Waals surface area (Å²) in [5.41, 5.74) is 4.49. The molecule has 0 aliphatic rings. The zero-order chi connectivity index (χ0) is 21.5. The molecule has 0 saturated carbocycles. The Hall–Kier alpha value is -3.29. The van der Waals surface area contributed by atoms with E-state index in [0.717, 1.165) is 10.0 Å². The first-order valence-corrected chi connectivity index (χ1v) is 9.88. The average Bonchev–Trinajstić information content (AvgIpc) is 2.75. The molecule has 6 nitrogen and oxygen atoms in total. The van der Waals surface area contributed by atoms with Crippen LogP contribution in [0.5, 0.6) is 5.75 Å². The molecule has 30 heavy (non-hydrogen) atoms. The van der Waals surface area contributed by atoms with Gasteiger partial charge in [-0.1, -0.05) is 64.5 Å². The molecule has 0 aromatic heterocycles. The summed E-state index contributed by atoms with van der Waals surface area (Å²) >= 11 is 3.36. The number of hydrogen-bond donors (Lipinski definition) is 2. The highest BCUT2D eigenvalue weighted by Gasteiger charge is 2.16. The standard InChI is InChI=1S/C23H19BrN2O4/c1-15-7-5-6-10-19(15)23(29)30-20-12-11-18(24)13-17(20)14-25-26-22(28)21(27)16-8-3-2-4-9-16/h2-14,21,27H,1H3,(H,26,28)/b25-14+. The zero-order valence-electron chi connectivity index (χ0n) is 16.1. The fourth-order valence-electron chi connectivity index (χ4n) is 2.68. The van der Waals surface area contributed by atoms with Crippen LogP contribution in [0.1, 0.15) is 33.2 Å². The van der Waals surface area contributed by atoms with Gasteiger partial charge in [-0.25, -0.2) is 10.2 Å². The number of carbonyl (C=O) groups excluding carboxylic acids is 2. The van der Waals surface area contributed by atoms with Crippen LogP contribution in [0, 0.1) is 6.92 Å². The topological polar surface area (TPSA) is 88.0 Å². The van der Waals surface area contributed by atoms with Gasteiger partial charge in [0.1, 0.15) is 5.75 Å². The van der Waals surface area contributed by atoms with Crippen molar-refractivity contribution in [2.75, 3.05) is 0 Å². The summed E-state index contributed by atoms with van der Waals surface area (Å²) in [6, 6.07) is 20.7. The molecule has 2 N–H and O–H groups in total. The maximum absolute atomic E-state index is 12.5. The normalized spacial score (nSPS) is 11.8. The molecule has 0 spiro atoms. The van der Waals surface area contributed by atoms with Gasteiger partial charge >= 0.3 is 5.97 Å². The Balaban J connectivity index is 1.73. The van der Waals surface area contributed by atoms with E-state index < -0.39 is 18.0 Å². The van der Waals surface area contributed by atoms with Crippen molar-refractivity contribution >= 4 is 34.0 Å². The molecule has 0 aliphatic carbocycles. The first-order valence-electron chi connectivity index (χ1n) is 9.09. The Bertz CT molecular complexity index is 1080. The number of hydrazone groups is 1. The third kappa shape index (κ3) is 5.40. The summed E-state index contributed by atoms with van der Waals surface area (Å²) < 4.78 is 6.27. The molecule has 152 valence electrons. The van der Waals surface area contributed by atoms with E-state index in [1.807, 2.05) is 19.1 Å². The largest absolute Gasteiger partial charge is 0.422 e. The quantitative estimate of drug-likeness (QED) is 0.247. The number of halogens is 1. The molecule has 0 saturated heterocycles. The van der Waals surface area contributed by atoms with Gasteiger partial charge in [-0.2, -0.15) is 5.10 Å². The number of amides is 1. The molecule has 0 heterocycles. The predicted octanol–water partition coefficient (Wildman–Crippen LogP) is 4.16. The lowest BCUT2D eigenvalue weighted by Gasteiger charge is -2.10. The highest BCUT2D eigenvalue weighted by molar-refractivity contribution is 9.10. The number of ether oxygens (including phenoxy) is 1. The number of aryl methyl sites for hydroxylation is 1. The molecule has 7 heteroatoms. The molecule has 1 amide bonds. The molecule has 0 bridgehead atoms. The minimum Gasteiger partial charge on any atom is -0.422 e.